The van der Waals surface area contributed by atoms with Crippen LogP contribution in [0.4, 0.5) is 0 Å². The molecule has 13 heavy (non-hydrogen) atoms. The zero-order valence-electron chi connectivity index (χ0n) is 9.38. The van der Waals surface area contributed by atoms with Crippen LogP contribution >= 0.6 is 0 Å². The Morgan fingerprint density at radius 3 is 2.38 bits per heavy atom. The summed E-state index contributed by atoms with van der Waals surface area (Å²) in [5, 5.41) is 8.64. The van der Waals surface area contributed by atoms with Gasteiger partial charge in [0.1, 0.15) is 0 Å². The molecule has 2 heteroatoms. The summed E-state index contributed by atoms with van der Waals surface area (Å²) >= 11 is 0. The summed E-state index contributed by atoms with van der Waals surface area (Å²) in [6, 6.07) is 2.26. The first-order valence-electron chi connectivity index (χ1n) is 5.18. The van der Waals surface area contributed by atoms with Crippen molar-refractivity contribution in [2.45, 2.75) is 33.6 Å². The molecule has 0 aliphatic rings. The van der Waals surface area contributed by atoms with Gasteiger partial charge in [-0.25, -0.2) is 0 Å². The summed E-state index contributed by atoms with van der Waals surface area (Å²) in [6.45, 7) is 8.47. The van der Waals surface area contributed by atoms with Crippen molar-refractivity contribution < 1.29 is 0 Å². The molecule has 2 atom stereocenters. The molecule has 0 spiro atoms. The molecule has 0 amide bonds. The smallest absolute Gasteiger partial charge is 0.0666 e. The Hall–Kier alpha value is -0.550. The van der Waals surface area contributed by atoms with Gasteiger partial charge >= 0.3 is 0 Å². The molecule has 0 heterocycles. The molecule has 0 bridgehead atoms. The number of nitriles is 1. The van der Waals surface area contributed by atoms with E-state index in [4.69, 9.17) is 5.26 Å². The van der Waals surface area contributed by atoms with Crippen molar-refractivity contribution in [2.75, 3.05) is 20.1 Å². The number of hydrogen-bond acceptors (Lipinski definition) is 2. The van der Waals surface area contributed by atoms with E-state index < -0.39 is 0 Å². The zero-order valence-corrected chi connectivity index (χ0v) is 9.38. The van der Waals surface area contributed by atoms with Crippen LogP contribution in [0, 0.1) is 23.2 Å². The van der Waals surface area contributed by atoms with E-state index in [1.807, 2.05) is 6.92 Å². The van der Waals surface area contributed by atoms with Crippen LogP contribution in [0.2, 0.25) is 0 Å². The quantitative estimate of drug-likeness (QED) is 0.631. The van der Waals surface area contributed by atoms with Gasteiger partial charge in [0.2, 0.25) is 0 Å². The van der Waals surface area contributed by atoms with Gasteiger partial charge in [-0.15, -0.1) is 0 Å². The highest BCUT2D eigenvalue weighted by Crippen LogP contribution is 2.07. The Bertz CT molecular complexity index is 160. The van der Waals surface area contributed by atoms with Crippen LogP contribution in [0.1, 0.15) is 33.6 Å². The van der Waals surface area contributed by atoms with Gasteiger partial charge in [0.15, 0.2) is 0 Å². The van der Waals surface area contributed by atoms with Crippen LogP contribution < -0.4 is 0 Å². The monoisotopic (exact) mass is 182 g/mol. The Balaban J connectivity index is 3.61. The van der Waals surface area contributed by atoms with Gasteiger partial charge in [-0.1, -0.05) is 20.3 Å². The lowest BCUT2D eigenvalue weighted by atomic mass is 10.1. The van der Waals surface area contributed by atoms with Crippen molar-refractivity contribution >= 4 is 0 Å². The predicted octanol–water partition coefficient (Wildman–Crippen LogP) is 2.51. The van der Waals surface area contributed by atoms with Crippen LogP contribution in [0.5, 0.6) is 0 Å². The molecule has 0 aliphatic carbocycles. The summed E-state index contributed by atoms with van der Waals surface area (Å²) in [6.07, 6.45) is 2.54. The van der Waals surface area contributed by atoms with Gasteiger partial charge in [-0.3, -0.25) is 0 Å². The fraction of sp³-hybridized carbons (Fsp3) is 0.909. The van der Waals surface area contributed by atoms with E-state index in [2.05, 4.69) is 31.9 Å². The summed E-state index contributed by atoms with van der Waals surface area (Å²) in [7, 11) is 2.10. The van der Waals surface area contributed by atoms with Crippen molar-refractivity contribution in [3.05, 3.63) is 0 Å². The van der Waals surface area contributed by atoms with Gasteiger partial charge in [0.05, 0.1) is 12.0 Å². The van der Waals surface area contributed by atoms with E-state index in [9.17, 15) is 0 Å². The molecule has 0 saturated carbocycles. The Labute approximate surface area is 82.5 Å². The largest absolute Gasteiger partial charge is 0.305 e. The van der Waals surface area contributed by atoms with Gasteiger partial charge in [-0.05, 0) is 26.3 Å². The van der Waals surface area contributed by atoms with Crippen LogP contribution in [0.3, 0.4) is 0 Å². The normalized spacial score (nSPS) is 15.4. The molecule has 76 valence electrons. The van der Waals surface area contributed by atoms with Crippen LogP contribution in [0.15, 0.2) is 0 Å². The van der Waals surface area contributed by atoms with E-state index in [0.29, 0.717) is 0 Å². The fourth-order valence-electron chi connectivity index (χ4n) is 1.70. The highest BCUT2D eigenvalue weighted by molar-refractivity contribution is 4.80. The van der Waals surface area contributed by atoms with Crippen LogP contribution in [0.25, 0.3) is 0 Å². The summed E-state index contributed by atoms with van der Waals surface area (Å²) in [5.74, 6) is 0.903. The van der Waals surface area contributed by atoms with Crippen molar-refractivity contribution in [3.63, 3.8) is 0 Å². The van der Waals surface area contributed by atoms with Crippen LogP contribution in [-0.2, 0) is 0 Å². The first-order chi connectivity index (χ1) is 6.10. The second-order valence-corrected chi connectivity index (χ2v) is 4.15. The first-order valence-corrected chi connectivity index (χ1v) is 5.18. The summed E-state index contributed by atoms with van der Waals surface area (Å²) in [5.41, 5.74) is 0. The second-order valence-electron chi connectivity index (χ2n) is 4.15. The topological polar surface area (TPSA) is 27.0 Å². The third kappa shape index (κ3) is 6.60. The van der Waals surface area contributed by atoms with Crippen molar-refractivity contribution in [2.24, 2.45) is 11.8 Å². The van der Waals surface area contributed by atoms with E-state index >= 15 is 0 Å². The molecule has 2 unspecified atom stereocenters. The van der Waals surface area contributed by atoms with Crippen LogP contribution in [-0.4, -0.2) is 25.0 Å². The fourth-order valence-corrected chi connectivity index (χ4v) is 1.70. The molecule has 0 aromatic carbocycles. The Kier molecular flexibility index (Phi) is 6.62. The molecule has 2 nitrogen and oxygen atoms in total. The van der Waals surface area contributed by atoms with E-state index in [1.165, 1.54) is 12.8 Å². The van der Waals surface area contributed by atoms with Crippen molar-refractivity contribution in [3.8, 4) is 6.07 Å². The minimum Gasteiger partial charge on any atom is -0.305 e. The molecule has 0 saturated heterocycles. The minimum absolute atomic E-state index is 0.152. The molecular weight excluding hydrogens is 160 g/mol. The number of hydrogen-bond donors (Lipinski definition) is 0. The lowest BCUT2D eigenvalue weighted by molar-refractivity contribution is 0.261. The maximum Gasteiger partial charge on any atom is 0.0666 e. The molecule has 0 aromatic heterocycles. The van der Waals surface area contributed by atoms with E-state index in [1.54, 1.807) is 0 Å². The Morgan fingerprint density at radius 1 is 1.31 bits per heavy atom. The average molecular weight is 182 g/mol. The summed E-state index contributed by atoms with van der Waals surface area (Å²) < 4.78 is 0. The molecule has 0 aromatic rings. The third-order valence-electron chi connectivity index (χ3n) is 2.21. The maximum absolute atomic E-state index is 8.64. The molecular formula is C11H22N2. The lowest BCUT2D eigenvalue weighted by Gasteiger charge is -2.21. The van der Waals surface area contributed by atoms with Gasteiger partial charge in [0, 0.05) is 13.1 Å². The SMILES string of the molecule is CCCC(C)CN(C)CC(C)C#N. The van der Waals surface area contributed by atoms with E-state index in [0.717, 1.165) is 19.0 Å². The van der Waals surface area contributed by atoms with Crippen molar-refractivity contribution in [1.29, 1.82) is 5.26 Å². The van der Waals surface area contributed by atoms with Gasteiger partial charge in [0.25, 0.3) is 0 Å². The standard InChI is InChI=1S/C11H22N2/c1-5-6-10(2)8-13(4)9-11(3)7-12/h10-11H,5-6,8-9H2,1-4H3. The summed E-state index contributed by atoms with van der Waals surface area (Å²) in [4.78, 5) is 2.26. The second kappa shape index (κ2) is 6.91. The lowest BCUT2D eigenvalue weighted by Crippen LogP contribution is -2.28. The third-order valence-corrected chi connectivity index (χ3v) is 2.21. The first kappa shape index (κ1) is 12.4. The molecule has 0 rings (SSSR count). The molecule has 0 aliphatic heterocycles. The minimum atomic E-state index is 0.152. The predicted molar refractivity (Wildman–Crippen MR) is 56.3 cm³/mol. The van der Waals surface area contributed by atoms with E-state index in [-0.39, 0.29) is 5.92 Å². The molecule has 0 fully saturated rings. The number of nitrogens with zero attached hydrogens (tertiary/aromatic N) is 2. The highest BCUT2D eigenvalue weighted by Gasteiger charge is 2.08. The molecule has 0 N–H and O–H groups in total. The average Bonchev–Trinajstić information content (AvgIpc) is 2.04. The maximum atomic E-state index is 8.64. The highest BCUT2D eigenvalue weighted by atomic mass is 15.1. The zero-order chi connectivity index (χ0) is 10.3. The van der Waals surface area contributed by atoms with Gasteiger partial charge < -0.3 is 4.90 Å². The molecule has 0 radical (unpaired) electrons. The van der Waals surface area contributed by atoms with Crippen molar-refractivity contribution in [1.82, 2.24) is 4.90 Å². The Morgan fingerprint density at radius 2 is 1.92 bits per heavy atom. The number of rotatable bonds is 6. The van der Waals surface area contributed by atoms with Gasteiger partial charge in [-0.2, -0.15) is 5.26 Å².